The Morgan fingerprint density at radius 2 is 2.19 bits per heavy atom. The number of rotatable bonds is 3. The van der Waals surface area contributed by atoms with Crippen LogP contribution in [0.2, 0.25) is 0 Å². The highest BCUT2D eigenvalue weighted by Crippen LogP contribution is 2.31. The van der Waals surface area contributed by atoms with Gasteiger partial charge in [0.1, 0.15) is 0 Å². The van der Waals surface area contributed by atoms with Gasteiger partial charge in [0.2, 0.25) is 0 Å². The number of carbonyl (C=O) groups is 1. The van der Waals surface area contributed by atoms with Gasteiger partial charge in [0, 0.05) is 0 Å². The van der Waals surface area contributed by atoms with E-state index in [4.69, 9.17) is 9.84 Å². The van der Waals surface area contributed by atoms with Crippen molar-refractivity contribution in [1.29, 1.82) is 0 Å². The molecule has 1 N–H and O–H groups in total. The second-order valence-corrected chi connectivity index (χ2v) is 4.60. The van der Waals surface area contributed by atoms with E-state index in [1.165, 1.54) is 12.1 Å². The largest absolute Gasteiger partial charge is 0.487 e. The molecule has 1 aliphatic carbocycles. The first-order valence-corrected chi connectivity index (χ1v) is 5.76. The van der Waals surface area contributed by atoms with Crippen molar-refractivity contribution in [3.8, 4) is 5.75 Å². The van der Waals surface area contributed by atoms with Crippen LogP contribution in [-0.4, -0.2) is 17.2 Å². The van der Waals surface area contributed by atoms with Crippen LogP contribution in [0.3, 0.4) is 0 Å². The second-order valence-electron chi connectivity index (χ2n) is 3.75. The van der Waals surface area contributed by atoms with Crippen LogP contribution in [0.15, 0.2) is 16.6 Å². The van der Waals surface area contributed by atoms with Crippen molar-refractivity contribution in [3.63, 3.8) is 0 Å². The lowest BCUT2D eigenvalue weighted by molar-refractivity contribution is 0.0694. The number of aromatic carboxylic acids is 1. The number of hydrogen-bond acceptors (Lipinski definition) is 2. The molecule has 5 heteroatoms. The van der Waals surface area contributed by atoms with Gasteiger partial charge in [-0.3, -0.25) is 0 Å². The molecule has 1 saturated carbocycles. The van der Waals surface area contributed by atoms with Gasteiger partial charge in [0.25, 0.3) is 0 Å². The summed E-state index contributed by atoms with van der Waals surface area (Å²) in [4.78, 5) is 10.8. The highest BCUT2D eigenvalue weighted by Gasteiger charge is 2.22. The van der Waals surface area contributed by atoms with E-state index in [0.29, 0.717) is 0 Å². The summed E-state index contributed by atoms with van der Waals surface area (Å²) < 4.78 is 19.1. The number of benzene rings is 1. The van der Waals surface area contributed by atoms with Crippen LogP contribution in [0.5, 0.6) is 5.75 Å². The summed E-state index contributed by atoms with van der Waals surface area (Å²) in [7, 11) is 0. The monoisotopic (exact) mass is 288 g/mol. The third kappa shape index (κ3) is 2.19. The first kappa shape index (κ1) is 11.4. The van der Waals surface area contributed by atoms with Gasteiger partial charge in [0.15, 0.2) is 11.6 Å². The lowest BCUT2D eigenvalue weighted by atomic mass is 9.96. The van der Waals surface area contributed by atoms with Crippen molar-refractivity contribution < 1.29 is 19.0 Å². The average molecular weight is 289 g/mol. The Hall–Kier alpha value is -1.10. The average Bonchev–Trinajstić information content (AvgIpc) is 2.17. The predicted octanol–water partition coefficient (Wildman–Crippen LogP) is 3.22. The Labute approximate surface area is 100 Å². The van der Waals surface area contributed by atoms with E-state index in [2.05, 4.69) is 15.9 Å². The van der Waals surface area contributed by atoms with Crippen LogP contribution in [0.1, 0.15) is 29.6 Å². The topological polar surface area (TPSA) is 46.5 Å². The zero-order valence-corrected chi connectivity index (χ0v) is 9.96. The molecule has 0 spiro atoms. The van der Waals surface area contributed by atoms with E-state index in [1.54, 1.807) is 0 Å². The van der Waals surface area contributed by atoms with Gasteiger partial charge in [-0.25, -0.2) is 9.18 Å². The Morgan fingerprint density at radius 3 is 2.69 bits per heavy atom. The molecule has 86 valence electrons. The maximum atomic E-state index is 13.6. The molecule has 0 bridgehead atoms. The highest BCUT2D eigenvalue weighted by atomic mass is 79.9. The molecule has 0 saturated heterocycles. The molecule has 16 heavy (non-hydrogen) atoms. The summed E-state index contributed by atoms with van der Waals surface area (Å²) in [5, 5.41) is 8.83. The fourth-order valence-electron chi connectivity index (χ4n) is 1.44. The summed E-state index contributed by atoms with van der Waals surface area (Å²) in [5.74, 6) is -1.63. The standard InChI is InChI=1S/C11H10BrFO3/c12-8-4-6(11(14)15)5-9(10(8)13)16-7-2-1-3-7/h4-5,7H,1-3H2,(H,14,15). The highest BCUT2D eigenvalue weighted by molar-refractivity contribution is 9.10. The molecular weight excluding hydrogens is 279 g/mol. The lowest BCUT2D eigenvalue weighted by Crippen LogP contribution is -2.25. The van der Waals surface area contributed by atoms with Crippen LogP contribution in [0.25, 0.3) is 0 Å². The molecule has 3 nitrogen and oxygen atoms in total. The number of hydrogen-bond donors (Lipinski definition) is 1. The van der Waals surface area contributed by atoms with E-state index in [1.807, 2.05) is 0 Å². The quantitative estimate of drug-likeness (QED) is 0.929. The fourth-order valence-corrected chi connectivity index (χ4v) is 1.88. The van der Waals surface area contributed by atoms with Crippen LogP contribution in [0.4, 0.5) is 4.39 Å². The lowest BCUT2D eigenvalue weighted by Gasteiger charge is -2.26. The van der Waals surface area contributed by atoms with E-state index in [9.17, 15) is 9.18 Å². The van der Waals surface area contributed by atoms with E-state index in [-0.39, 0.29) is 21.9 Å². The first-order chi connectivity index (χ1) is 7.58. The third-order valence-electron chi connectivity index (χ3n) is 2.59. The maximum absolute atomic E-state index is 13.6. The van der Waals surface area contributed by atoms with Gasteiger partial charge < -0.3 is 9.84 Å². The minimum atomic E-state index is -1.10. The van der Waals surface area contributed by atoms with Gasteiger partial charge in [-0.15, -0.1) is 0 Å². The first-order valence-electron chi connectivity index (χ1n) is 4.97. The van der Waals surface area contributed by atoms with Crippen molar-refractivity contribution in [3.05, 3.63) is 28.0 Å². The van der Waals surface area contributed by atoms with Gasteiger partial charge in [-0.2, -0.15) is 0 Å². The number of ether oxygens (including phenoxy) is 1. The maximum Gasteiger partial charge on any atom is 0.335 e. The Balaban J connectivity index is 2.30. The molecule has 1 aromatic rings. The predicted molar refractivity (Wildman–Crippen MR) is 59.3 cm³/mol. The molecule has 1 aliphatic rings. The van der Waals surface area contributed by atoms with E-state index in [0.717, 1.165) is 19.3 Å². The zero-order valence-electron chi connectivity index (χ0n) is 8.37. The summed E-state index contributed by atoms with van der Waals surface area (Å²) in [6.07, 6.45) is 2.89. The summed E-state index contributed by atoms with van der Waals surface area (Å²) in [6, 6.07) is 2.45. The number of carboxylic acid groups (broad SMARTS) is 1. The molecule has 1 aromatic carbocycles. The Kier molecular flexibility index (Phi) is 3.14. The van der Waals surface area contributed by atoms with Crippen molar-refractivity contribution in [2.24, 2.45) is 0 Å². The summed E-state index contributed by atoms with van der Waals surface area (Å²) >= 11 is 2.98. The molecule has 0 atom stereocenters. The molecule has 0 heterocycles. The van der Waals surface area contributed by atoms with Gasteiger partial charge >= 0.3 is 5.97 Å². The molecule has 1 fully saturated rings. The SMILES string of the molecule is O=C(O)c1cc(Br)c(F)c(OC2CCC2)c1. The third-order valence-corrected chi connectivity index (χ3v) is 3.16. The van der Waals surface area contributed by atoms with Crippen LogP contribution >= 0.6 is 15.9 Å². The van der Waals surface area contributed by atoms with E-state index < -0.39 is 11.8 Å². The van der Waals surface area contributed by atoms with E-state index >= 15 is 0 Å². The van der Waals surface area contributed by atoms with Crippen molar-refractivity contribution in [2.75, 3.05) is 0 Å². The van der Waals surface area contributed by atoms with Crippen LogP contribution in [0, 0.1) is 5.82 Å². The minimum absolute atomic E-state index is 0.0106. The zero-order chi connectivity index (χ0) is 11.7. The molecule has 2 rings (SSSR count). The molecule has 0 radical (unpaired) electrons. The molecule has 0 unspecified atom stereocenters. The van der Waals surface area contributed by atoms with Crippen molar-refractivity contribution in [1.82, 2.24) is 0 Å². The van der Waals surface area contributed by atoms with Crippen LogP contribution in [-0.2, 0) is 0 Å². The minimum Gasteiger partial charge on any atom is -0.487 e. The summed E-state index contributed by atoms with van der Waals surface area (Å²) in [6.45, 7) is 0. The molecule has 0 amide bonds. The molecule has 0 aliphatic heterocycles. The number of carboxylic acids is 1. The van der Waals surface area contributed by atoms with Gasteiger partial charge in [0.05, 0.1) is 16.1 Å². The molecular formula is C11H10BrFO3. The Bertz CT molecular complexity index is 429. The van der Waals surface area contributed by atoms with Crippen molar-refractivity contribution in [2.45, 2.75) is 25.4 Å². The normalized spacial score (nSPS) is 15.6. The van der Waals surface area contributed by atoms with Gasteiger partial charge in [-0.1, -0.05) is 0 Å². The number of halogens is 2. The summed E-state index contributed by atoms with van der Waals surface area (Å²) in [5.41, 5.74) is 0.0163. The van der Waals surface area contributed by atoms with Crippen molar-refractivity contribution >= 4 is 21.9 Å². The Morgan fingerprint density at radius 1 is 1.50 bits per heavy atom. The molecule has 0 aromatic heterocycles. The van der Waals surface area contributed by atoms with Crippen LogP contribution < -0.4 is 4.74 Å². The second kappa shape index (κ2) is 4.41. The smallest absolute Gasteiger partial charge is 0.335 e. The van der Waals surface area contributed by atoms with Gasteiger partial charge in [-0.05, 0) is 47.3 Å². The fraction of sp³-hybridized carbons (Fsp3) is 0.364.